The molecule has 0 aromatic carbocycles. The number of carboxylic acids is 1. The topological polar surface area (TPSA) is 75.6 Å². The Hall–Kier alpha value is -1.10. The fraction of sp³-hybridized carbons (Fsp3) is 0.778. The van der Waals surface area contributed by atoms with Crippen molar-refractivity contribution >= 4 is 11.9 Å². The highest BCUT2D eigenvalue weighted by Gasteiger charge is 2.26. The van der Waals surface area contributed by atoms with E-state index < -0.39 is 12.0 Å². The molecule has 0 radical (unpaired) electrons. The summed E-state index contributed by atoms with van der Waals surface area (Å²) in [4.78, 5) is 22.1. The number of nitrogens with one attached hydrogen (secondary N) is 1. The molecule has 2 N–H and O–H groups in total. The summed E-state index contributed by atoms with van der Waals surface area (Å²) in [7, 11) is 0. The highest BCUT2D eigenvalue weighted by Crippen LogP contribution is 2.12. The molecule has 1 fully saturated rings. The Kier molecular flexibility index (Phi) is 3.88. The third-order valence-corrected chi connectivity index (χ3v) is 2.32. The second kappa shape index (κ2) is 4.95. The van der Waals surface area contributed by atoms with E-state index in [2.05, 4.69) is 5.32 Å². The molecule has 0 spiro atoms. The summed E-state index contributed by atoms with van der Waals surface area (Å²) in [5.41, 5.74) is 0. The van der Waals surface area contributed by atoms with E-state index >= 15 is 0 Å². The van der Waals surface area contributed by atoms with Crippen LogP contribution in [0, 0.1) is 5.92 Å². The van der Waals surface area contributed by atoms with Gasteiger partial charge in [-0.25, -0.2) is 4.79 Å². The van der Waals surface area contributed by atoms with Gasteiger partial charge in [-0.15, -0.1) is 0 Å². The molecule has 2 atom stereocenters. The van der Waals surface area contributed by atoms with Gasteiger partial charge in [0.2, 0.25) is 5.91 Å². The third-order valence-electron chi connectivity index (χ3n) is 2.32. The van der Waals surface area contributed by atoms with Crippen molar-refractivity contribution in [2.24, 2.45) is 5.92 Å². The number of carboxylic acid groups (broad SMARTS) is 1. The van der Waals surface area contributed by atoms with Crippen molar-refractivity contribution in [2.75, 3.05) is 13.2 Å². The molecule has 1 saturated heterocycles. The lowest BCUT2D eigenvalue weighted by Crippen LogP contribution is -2.43. The first-order chi connectivity index (χ1) is 6.65. The van der Waals surface area contributed by atoms with Crippen molar-refractivity contribution in [3.8, 4) is 0 Å². The molecule has 0 aromatic rings. The van der Waals surface area contributed by atoms with Gasteiger partial charge in [0.1, 0.15) is 6.04 Å². The predicted molar refractivity (Wildman–Crippen MR) is 48.8 cm³/mol. The standard InChI is InChI=1S/C9H15NO4/c1-2-7(9(12)13)10-8(11)6-3-4-14-5-6/h6-7H,2-5H2,1H3,(H,10,11)(H,12,13)/t6-,7-/m0/s1. The molecule has 5 heteroatoms. The van der Waals surface area contributed by atoms with Crippen LogP contribution in [0.2, 0.25) is 0 Å². The van der Waals surface area contributed by atoms with Crippen LogP contribution in [0.25, 0.3) is 0 Å². The lowest BCUT2D eigenvalue weighted by atomic mass is 10.1. The maximum atomic E-state index is 11.5. The molecule has 0 unspecified atom stereocenters. The summed E-state index contributed by atoms with van der Waals surface area (Å²) < 4.78 is 5.05. The molecule has 14 heavy (non-hydrogen) atoms. The van der Waals surface area contributed by atoms with Crippen LogP contribution >= 0.6 is 0 Å². The number of amides is 1. The number of aliphatic carboxylic acids is 1. The highest BCUT2D eigenvalue weighted by molar-refractivity contribution is 5.85. The number of hydrogen-bond donors (Lipinski definition) is 2. The minimum absolute atomic E-state index is 0.177. The molecule has 1 rings (SSSR count). The van der Waals surface area contributed by atoms with Crippen LogP contribution in [0.3, 0.4) is 0 Å². The summed E-state index contributed by atoms with van der Waals surface area (Å²) in [5.74, 6) is -1.38. The van der Waals surface area contributed by atoms with E-state index in [9.17, 15) is 9.59 Å². The summed E-state index contributed by atoms with van der Waals surface area (Å²) in [6.45, 7) is 2.72. The molecule has 0 bridgehead atoms. The SMILES string of the molecule is CC[C@H](NC(=O)[C@H]1CCOC1)C(=O)O. The Morgan fingerprint density at radius 3 is 2.79 bits per heavy atom. The Labute approximate surface area is 82.4 Å². The summed E-state index contributed by atoms with van der Waals surface area (Å²) in [6, 6.07) is -0.775. The fourth-order valence-electron chi connectivity index (χ4n) is 1.37. The van der Waals surface area contributed by atoms with Gasteiger partial charge < -0.3 is 15.2 Å². The monoisotopic (exact) mass is 201 g/mol. The van der Waals surface area contributed by atoms with E-state index in [1.165, 1.54) is 0 Å². The number of hydrogen-bond acceptors (Lipinski definition) is 3. The van der Waals surface area contributed by atoms with Gasteiger partial charge in [-0.1, -0.05) is 6.92 Å². The van der Waals surface area contributed by atoms with Gasteiger partial charge in [-0.05, 0) is 12.8 Å². The summed E-state index contributed by atoms with van der Waals surface area (Å²) >= 11 is 0. The zero-order valence-electron chi connectivity index (χ0n) is 8.16. The maximum absolute atomic E-state index is 11.5. The molecule has 80 valence electrons. The average Bonchev–Trinajstić information content (AvgIpc) is 2.65. The van der Waals surface area contributed by atoms with Gasteiger partial charge in [0.25, 0.3) is 0 Å². The number of rotatable bonds is 4. The molecule has 0 saturated carbocycles. The van der Waals surface area contributed by atoms with Crippen LogP contribution in [0.5, 0.6) is 0 Å². The van der Waals surface area contributed by atoms with E-state index in [-0.39, 0.29) is 11.8 Å². The van der Waals surface area contributed by atoms with E-state index in [1.54, 1.807) is 6.92 Å². The van der Waals surface area contributed by atoms with Crippen LogP contribution in [-0.2, 0) is 14.3 Å². The molecule has 0 aliphatic carbocycles. The van der Waals surface area contributed by atoms with Crippen LogP contribution < -0.4 is 5.32 Å². The smallest absolute Gasteiger partial charge is 0.326 e. The lowest BCUT2D eigenvalue weighted by Gasteiger charge is -2.14. The minimum atomic E-state index is -0.986. The van der Waals surface area contributed by atoms with Gasteiger partial charge in [-0.3, -0.25) is 4.79 Å². The highest BCUT2D eigenvalue weighted by atomic mass is 16.5. The first kappa shape index (κ1) is 11.0. The molecule has 1 heterocycles. The molecule has 1 aliphatic rings. The minimum Gasteiger partial charge on any atom is -0.480 e. The van der Waals surface area contributed by atoms with Gasteiger partial charge >= 0.3 is 5.97 Å². The van der Waals surface area contributed by atoms with Gasteiger partial charge in [0.15, 0.2) is 0 Å². The molecule has 5 nitrogen and oxygen atoms in total. The Balaban J connectivity index is 2.41. The van der Waals surface area contributed by atoms with E-state index in [1.807, 2.05) is 0 Å². The second-order valence-electron chi connectivity index (χ2n) is 3.37. The van der Waals surface area contributed by atoms with E-state index in [0.29, 0.717) is 26.1 Å². The molecule has 1 amide bonds. The van der Waals surface area contributed by atoms with Gasteiger partial charge in [0, 0.05) is 6.61 Å². The predicted octanol–water partition coefficient (Wildman–Crippen LogP) is 0.00230. The molecule has 1 aliphatic heterocycles. The third kappa shape index (κ3) is 2.70. The van der Waals surface area contributed by atoms with Gasteiger partial charge in [0.05, 0.1) is 12.5 Å². The van der Waals surface area contributed by atoms with Crippen molar-refractivity contribution < 1.29 is 19.4 Å². The molecular weight excluding hydrogens is 186 g/mol. The fourth-order valence-corrected chi connectivity index (χ4v) is 1.37. The Bertz CT molecular complexity index is 223. The van der Waals surface area contributed by atoms with Crippen molar-refractivity contribution in [3.63, 3.8) is 0 Å². The first-order valence-corrected chi connectivity index (χ1v) is 4.76. The zero-order valence-corrected chi connectivity index (χ0v) is 8.16. The Morgan fingerprint density at radius 1 is 1.64 bits per heavy atom. The van der Waals surface area contributed by atoms with Crippen LogP contribution in [-0.4, -0.2) is 36.2 Å². The zero-order chi connectivity index (χ0) is 10.6. The lowest BCUT2D eigenvalue weighted by molar-refractivity contribution is -0.142. The maximum Gasteiger partial charge on any atom is 0.326 e. The average molecular weight is 201 g/mol. The van der Waals surface area contributed by atoms with Crippen molar-refractivity contribution in [2.45, 2.75) is 25.8 Å². The molecular formula is C9H15NO4. The number of ether oxygens (including phenoxy) is 1. The Morgan fingerprint density at radius 2 is 2.36 bits per heavy atom. The quantitative estimate of drug-likeness (QED) is 0.671. The largest absolute Gasteiger partial charge is 0.480 e. The molecule has 0 aromatic heterocycles. The van der Waals surface area contributed by atoms with E-state index in [0.717, 1.165) is 0 Å². The summed E-state index contributed by atoms with van der Waals surface area (Å²) in [6.07, 6.45) is 1.08. The first-order valence-electron chi connectivity index (χ1n) is 4.76. The van der Waals surface area contributed by atoms with Crippen molar-refractivity contribution in [1.82, 2.24) is 5.32 Å². The second-order valence-corrected chi connectivity index (χ2v) is 3.37. The summed E-state index contributed by atoms with van der Waals surface area (Å²) in [5, 5.41) is 11.2. The van der Waals surface area contributed by atoms with Crippen molar-refractivity contribution in [3.05, 3.63) is 0 Å². The van der Waals surface area contributed by atoms with Crippen LogP contribution in [0.4, 0.5) is 0 Å². The number of carbonyl (C=O) groups is 2. The van der Waals surface area contributed by atoms with Crippen LogP contribution in [0.15, 0.2) is 0 Å². The van der Waals surface area contributed by atoms with Crippen LogP contribution in [0.1, 0.15) is 19.8 Å². The van der Waals surface area contributed by atoms with Crippen molar-refractivity contribution in [1.29, 1.82) is 0 Å². The number of carbonyl (C=O) groups excluding carboxylic acids is 1. The van der Waals surface area contributed by atoms with Gasteiger partial charge in [-0.2, -0.15) is 0 Å². The normalized spacial score (nSPS) is 23.1. The van der Waals surface area contributed by atoms with E-state index in [4.69, 9.17) is 9.84 Å².